The molecule has 1 fully saturated rings. The average Bonchev–Trinajstić information content (AvgIpc) is 2.27. The Bertz CT molecular complexity index is 413. The quantitative estimate of drug-likeness (QED) is 0.849. The molecule has 1 aliphatic heterocycles. The summed E-state index contributed by atoms with van der Waals surface area (Å²) < 4.78 is 0. The standard InChI is InChI=1S/C13H19Cl2N3/c1-3-17-4-5-18(8-9(17)2)13-11(14)6-10(16)7-12(13)15/h6-7,9H,3-5,8,16H2,1-2H3. The summed E-state index contributed by atoms with van der Waals surface area (Å²) in [6.45, 7) is 8.43. The molecule has 2 N–H and O–H groups in total. The van der Waals surface area contributed by atoms with Crippen molar-refractivity contribution in [3.63, 3.8) is 0 Å². The average molecular weight is 288 g/mol. The molecule has 1 unspecified atom stereocenters. The maximum Gasteiger partial charge on any atom is 0.0747 e. The second-order valence-electron chi connectivity index (χ2n) is 4.76. The molecule has 1 aliphatic rings. The number of piperazine rings is 1. The van der Waals surface area contributed by atoms with E-state index >= 15 is 0 Å². The topological polar surface area (TPSA) is 32.5 Å². The predicted octanol–water partition coefficient (Wildman–Crippen LogP) is 3.11. The summed E-state index contributed by atoms with van der Waals surface area (Å²) in [5.41, 5.74) is 7.25. The molecule has 0 saturated carbocycles. The molecule has 0 spiro atoms. The third-order valence-corrected chi connectivity index (χ3v) is 4.10. The van der Waals surface area contributed by atoms with Crippen molar-refractivity contribution in [1.29, 1.82) is 0 Å². The Morgan fingerprint density at radius 3 is 2.39 bits per heavy atom. The number of likely N-dealkylation sites (N-methyl/N-ethyl adjacent to an activating group) is 1. The summed E-state index contributed by atoms with van der Waals surface area (Å²) in [5.74, 6) is 0. The fourth-order valence-electron chi connectivity index (χ4n) is 2.56. The lowest BCUT2D eigenvalue weighted by Crippen LogP contribution is -2.51. The third kappa shape index (κ3) is 2.68. The number of hydrogen-bond donors (Lipinski definition) is 1. The molecular formula is C13H19Cl2N3. The number of halogens is 2. The Morgan fingerprint density at radius 1 is 1.28 bits per heavy atom. The summed E-state index contributed by atoms with van der Waals surface area (Å²) in [7, 11) is 0. The van der Waals surface area contributed by atoms with Crippen molar-refractivity contribution in [1.82, 2.24) is 4.90 Å². The van der Waals surface area contributed by atoms with E-state index in [-0.39, 0.29) is 0 Å². The molecule has 0 amide bonds. The van der Waals surface area contributed by atoms with Gasteiger partial charge in [0, 0.05) is 31.4 Å². The second kappa shape index (κ2) is 5.55. The first-order valence-electron chi connectivity index (χ1n) is 6.26. The van der Waals surface area contributed by atoms with E-state index in [0.29, 0.717) is 21.8 Å². The molecule has 5 heteroatoms. The first-order valence-corrected chi connectivity index (χ1v) is 7.02. The number of anilines is 2. The van der Waals surface area contributed by atoms with Crippen molar-refractivity contribution in [2.75, 3.05) is 36.8 Å². The summed E-state index contributed by atoms with van der Waals surface area (Å²) in [4.78, 5) is 4.70. The van der Waals surface area contributed by atoms with Crippen LogP contribution in [0.1, 0.15) is 13.8 Å². The van der Waals surface area contributed by atoms with Gasteiger partial charge in [0.25, 0.3) is 0 Å². The lowest BCUT2D eigenvalue weighted by Gasteiger charge is -2.41. The van der Waals surface area contributed by atoms with Crippen molar-refractivity contribution >= 4 is 34.6 Å². The van der Waals surface area contributed by atoms with E-state index in [1.165, 1.54) is 0 Å². The van der Waals surface area contributed by atoms with Gasteiger partial charge in [-0.15, -0.1) is 0 Å². The van der Waals surface area contributed by atoms with Crippen LogP contribution in [-0.2, 0) is 0 Å². The van der Waals surface area contributed by atoms with Gasteiger partial charge in [0.15, 0.2) is 0 Å². The maximum atomic E-state index is 6.27. The van der Waals surface area contributed by atoms with Crippen LogP contribution in [0.3, 0.4) is 0 Å². The highest BCUT2D eigenvalue weighted by Gasteiger charge is 2.25. The van der Waals surface area contributed by atoms with Crippen LogP contribution in [0.15, 0.2) is 12.1 Å². The maximum absolute atomic E-state index is 6.27. The van der Waals surface area contributed by atoms with E-state index < -0.39 is 0 Å². The first kappa shape index (κ1) is 13.8. The monoisotopic (exact) mass is 287 g/mol. The Balaban J connectivity index is 2.23. The van der Waals surface area contributed by atoms with E-state index in [9.17, 15) is 0 Å². The largest absolute Gasteiger partial charge is 0.399 e. The molecule has 1 aromatic rings. The Hall–Kier alpha value is -0.640. The van der Waals surface area contributed by atoms with Crippen LogP contribution in [0.25, 0.3) is 0 Å². The fraction of sp³-hybridized carbons (Fsp3) is 0.538. The normalized spacial score (nSPS) is 21.3. The minimum Gasteiger partial charge on any atom is -0.399 e. The molecule has 3 nitrogen and oxygen atoms in total. The summed E-state index contributed by atoms with van der Waals surface area (Å²) in [5, 5.41) is 1.27. The zero-order valence-electron chi connectivity index (χ0n) is 10.8. The molecule has 1 heterocycles. The van der Waals surface area contributed by atoms with E-state index in [2.05, 4.69) is 23.6 Å². The van der Waals surface area contributed by atoms with Gasteiger partial charge in [-0.25, -0.2) is 0 Å². The Morgan fingerprint density at radius 2 is 1.89 bits per heavy atom. The number of benzene rings is 1. The lowest BCUT2D eigenvalue weighted by atomic mass is 10.1. The smallest absolute Gasteiger partial charge is 0.0747 e. The van der Waals surface area contributed by atoms with Crippen LogP contribution in [0.4, 0.5) is 11.4 Å². The minimum atomic E-state index is 0.508. The second-order valence-corrected chi connectivity index (χ2v) is 5.57. The van der Waals surface area contributed by atoms with Gasteiger partial charge in [0.05, 0.1) is 15.7 Å². The van der Waals surface area contributed by atoms with E-state index in [0.717, 1.165) is 31.9 Å². The minimum absolute atomic E-state index is 0.508. The molecule has 0 aliphatic carbocycles. The van der Waals surface area contributed by atoms with E-state index in [1.807, 2.05) is 0 Å². The predicted molar refractivity (Wildman–Crippen MR) is 79.8 cm³/mol. The van der Waals surface area contributed by atoms with Crippen LogP contribution in [-0.4, -0.2) is 37.1 Å². The molecule has 2 rings (SSSR count). The van der Waals surface area contributed by atoms with Crippen molar-refractivity contribution in [3.8, 4) is 0 Å². The van der Waals surface area contributed by atoms with Crippen LogP contribution in [0.2, 0.25) is 10.0 Å². The number of nitrogens with zero attached hydrogens (tertiary/aromatic N) is 2. The van der Waals surface area contributed by atoms with Crippen LogP contribution < -0.4 is 10.6 Å². The third-order valence-electron chi connectivity index (χ3n) is 3.53. The highest BCUT2D eigenvalue weighted by atomic mass is 35.5. The number of nitrogen functional groups attached to an aromatic ring is 1. The fourth-order valence-corrected chi connectivity index (χ4v) is 3.30. The van der Waals surface area contributed by atoms with Gasteiger partial charge in [-0.1, -0.05) is 30.1 Å². The van der Waals surface area contributed by atoms with Gasteiger partial charge in [-0.05, 0) is 25.6 Å². The van der Waals surface area contributed by atoms with Crippen molar-refractivity contribution in [2.24, 2.45) is 0 Å². The van der Waals surface area contributed by atoms with Crippen molar-refractivity contribution in [2.45, 2.75) is 19.9 Å². The molecule has 0 radical (unpaired) electrons. The first-order chi connectivity index (χ1) is 8.52. The van der Waals surface area contributed by atoms with Gasteiger partial charge in [-0.3, -0.25) is 4.90 Å². The molecule has 100 valence electrons. The zero-order valence-corrected chi connectivity index (χ0v) is 12.3. The van der Waals surface area contributed by atoms with Gasteiger partial charge in [-0.2, -0.15) is 0 Å². The van der Waals surface area contributed by atoms with Gasteiger partial charge >= 0.3 is 0 Å². The Kier molecular flexibility index (Phi) is 4.25. The summed E-state index contributed by atoms with van der Waals surface area (Å²) in [6, 6.07) is 4.03. The molecule has 0 aromatic heterocycles. The molecule has 0 bridgehead atoms. The van der Waals surface area contributed by atoms with Gasteiger partial charge in [0.2, 0.25) is 0 Å². The van der Waals surface area contributed by atoms with Crippen LogP contribution in [0.5, 0.6) is 0 Å². The number of nitrogens with two attached hydrogens (primary N) is 1. The van der Waals surface area contributed by atoms with E-state index in [1.54, 1.807) is 12.1 Å². The number of hydrogen-bond acceptors (Lipinski definition) is 3. The highest BCUT2D eigenvalue weighted by molar-refractivity contribution is 6.39. The highest BCUT2D eigenvalue weighted by Crippen LogP contribution is 2.36. The molecule has 1 atom stereocenters. The SMILES string of the molecule is CCN1CCN(c2c(Cl)cc(N)cc2Cl)CC1C. The van der Waals surface area contributed by atoms with E-state index in [4.69, 9.17) is 28.9 Å². The molecule has 1 saturated heterocycles. The molecule has 1 aromatic carbocycles. The summed E-state index contributed by atoms with van der Waals surface area (Å²) in [6.07, 6.45) is 0. The van der Waals surface area contributed by atoms with Gasteiger partial charge < -0.3 is 10.6 Å². The van der Waals surface area contributed by atoms with Crippen LogP contribution >= 0.6 is 23.2 Å². The van der Waals surface area contributed by atoms with Gasteiger partial charge in [0.1, 0.15) is 0 Å². The molecular weight excluding hydrogens is 269 g/mol. The van der Waals surface area contributed by atoms with Crippen molar-refractivity contribution < 1.29 is 0 Å². The zero-order chi connectivity index (χ0) is 13.3. The van der Waals surface area contributed by atoms with Crippen molar-refractivity contribution in [3.05, 3.63) is 22.2 Å². The number of rotatable bonds is 2. The molecule has 18 heavy (non-hydrogen) atoms. The van der Waals surface area contributed by atoms with Crippen LogP contribution in [0, 0.1) is 0 Å². The Labute approximate surface area is 118 Å². The lowest BCUT2D eigenvalue weighted by molar-refractivity contribution is 0.199. The summed E-state index contributed by atoms with van der Waals surface area (Å²) >= 11 is 12.5.